The van der Waals surface area contributed by atoms with Gasteiger partial charge in [0, 0.05) is 29.9 Å². The van der Waals surface area contributed by atoms with Crippen molar-refractivity contribution < 1.29 is 14.0 Å². The summed E-state index contributed by atoms with van der Waals surface area (Å²) in [5.74, 6) is -0.924. The van der Waals surface area contributed by atoms with Crippen molar-refractivity contribution in [3.63, 3.8) is 0 Å². The quantitative estimate of drug-likeness (QED) is 0.588. The Labute approximate surface area is 177 Å². The molecule has 0 aliphatic carbocycles. The van der Waals surface area contributed by atoms with Gasteiger partial charge in [-0.2, -0.15) is 0 Å². The van der Waals surface area contributed by atoms with Gasteiger partial charge in [-0.15, -0.1) is 0 Å². The number of carbonyl (C=O) groups excluding carboxylic acids is 2. The van der Waals surface area contributed by atoms with Crippen LogP contribution >= 0.6 is 23.2 Å². The first kappa shape index (κ1) is 20.8. The van der Waals surface area contributed by atoms with Crippen molar-refractivity contribution >= 4 is 52.2 Å². The third-order valence-electron chi connectivity index (χ3n) is 4.03. The number of anilines is 3. The summed E-state index contributed by atoms with van der Waals surface area (Å²) in [7, 11) is 0. The number of carbonyl (C=O) groups is 2. The van der Waals surface area contributed by atoms with E-state index in [1.165, 1.54) is 36.2 Å². The molecule has 0 saturated heterocycles. The van der Waals surface area contributed by atoms with Crippen LogP contribution < -0.4 is 10.2 Å². The highest BCUT2D eigenvalue weighted by atomic mass is 35.5. The number of aromatic nitrogens is 1. The van der Waals surface area contributed by atoms with Crippen molar-refractivity contribution in [2.24, 2.45) is 0 Å². The van der Waals surface area contributed by atoms with Gasteiger partial charge in [0.2, 0.25) is 11.8 Å². The van der Waals surface area contributed by atoms with Gasteiger partial charge in [-0.05, 0) is 35.9 Å². The second kappa shape index (κ2) is 9.03. The molecule has 0 atom stereocenters. The summed E-state index contributed by atoms with van der Waals surface area (Å²) in [6, 6.07) is 13.9. The Morgan fingerprint density at radius 3 is 2.52 bits per heavy atom. The van der Waals surface area contributed by atoms with Crippen LogP contribution in [-0.4, -0.2) is 16.8 Å². The summed E-state index contributed by atoms with van der Waals surface area (Å²) in [6.07, 6.45) is 1.55. The highest BCUT2D eigenvalue weighted by molar-refractivity contribution is 6.34. The van der Waals surface area contributed by atoms with E-state index in [-0.39, 0.29) is 34.8 Å². The zero-order chi connectivity index (χ0) is 21.0. The van der Waals surface area contributed by atoms with Crippen LogP contribution in [0.25, 0.3) is 0 Å². The SMILES string of the molecule is CC(=O)N(c1cc(NC(=O)Cc2ccccc2Cl)ccn1)c1ccc(F)cc1Cl. The van der Waals surface area contributed by atoms with Crippen LogP contribution in [0.3, 0.4) is 0 Å². The van der Waals surface area contributed by atoms with E-state index < -0.39 is 5.82 Å². The summed E-state index contributed by atoms with van der Waals surface area (Å²) in [4.78, 5) is 30.0. The van der Waals surface area contributed by atoms with Crippen LogP contribution in [0.5, 0.6) is 0 Å². The van der Waals surface area contributed by atoms with Gasteiger partial charge in [0.15, 0.2) is 0 Å². The third-order valence-corrected chi connectivity index (χ3v) is 4.70. The first-order valence-electron chi connectivity index (χ1n) is 8.60. The van der Waals surface area contributed by atoms with Crippen LogP contribution in [0.2, 0.25) is 10.0 Å². The molecule has 1 heterocycles. The van der Waals surface area contributed by atoms with E-state index in [1.807, 2.05) is 0 Å². The van der Waals surface area contributed by atoms with Crippen molar-refractivity contribution in [1.82, 2.24) is 4.98 Å². The summed E-state index contributed by atoms with van der Waals surface area (Å²) in [5, 5.41) is 3.33. The molecule has 3 rings (SSSR count). The Balaban J connectivity index is 1.84. The maximum Gasteiger partial charge on any atom is 0.229 e. The minimum atomic E-state index is -0.518. The molecule has 1 aromatic heterocycles. The lowest BCUT2D eigenvalue weighted by atomic mass is 10.1. The minimum absolute atomic E-state index is 0.0650. The Bertz CT molecular complexity index is 1080. The van der Waals surface area contributed by atoms with Crippen LogP contribution in [-0.2, 0) is 16.0 Å². The Kier molecular flexibility index (Phi) is 6.46. The molecule has 0 spiro atoms. The average Bonchev–Trinajstić information content (AvgIpc) is 2.66. The van der Waals surface area contributed by atoms with Crippen molar-refractivity contribution in [3.8, 4) is 0 Å². The van der Waals surface area contributed by atoms with Crippen molar-refractivity contribution in [3.05, 3.63) is 82.2 Å². The van der Waals surface area contributed by atoms with Gasteiger partial charge in [-0.1, -0.05) is 41.4 Å². The topological polar surface area (TPSA) is 62.3 Å². The number of pyridine rings is 1. The van der Waals surface area contributed by atoms with Crippen molar-refractivity contribution in [2.75, 3.05) is 10.2 Å². The maximum absolute atomic E-state index is 13.4. The standard InChI is InChI=1S/C21H16Cl2FN3O2/c1-13(28)27(19-7-6-15(24)11-18(19)23)20-12-16(8-9-25-20)26-21(29)10-14-4-2-3-5-17(14)22/h2-9,11-12H,10H2,1H3,(H,25,26,29). The number of hydrogen-bond donors (Lipinski definition) is 1. The molecule has 148 valence electrons. The molecule has 8 heteroatoms. The van der Waals surface area contributed by atoms with Gasteiger partial charge in [0.25, 0.3) is 0 Å². The number of nitrogens with zero attached hydrogens (tertiary/aromatic N) is 2. The normalized spacial score (nSPS) is 10.5. The monoisotopic (exact) mass is 431 g/mol. The van der Waals surface area contributed by atoms with E-state index >= 15 is 0 Å². The number of rotatable bonds is 5. The van der Waals surface area contributed by atoms with E-state index in [0.29, 0.717) is 16.3 Å². The van der Waals surface area contributed by atoms with Crippen LogP contribution in [0.15, 0.2) is 60.8 Å². The lowest BCUT2D eigenvalue weighted by Gasteiger charge is -2.22. The number of hydrogen-bond acceptors (Lipinski definition) is 3. The lowest BCUT2D eigenvalue weighted by molar-refractivity contribution is -0.116. The van der Waals surface area contributed by atoms with Crippen molar-refractivity contribution in [1.29, 1.82) is 0 Å². The molecule has 3 aromatic rings. The number of benzene rings is 2. The molecule has 0 aliphatic rings. The first-order chi connectivity index (χ1) is 13.8. The van der Waals surface area contributed by atoms with E-state index in [9.17, 15) is 14.0 Å². The predicted octanol–water partition coefficient (Wildman–Crippen LogP) is 5.39. The predicted molar refractivity (Wildman–Crippen MR) is 112 cm³/mol. The smallest absolute Gasteiger partial charge is 0.229 e. The highest BCUT2D eigenvalue weighted by Gasteiger charge is 2.19. The molecule has 2 aromatic carbocycles. The van der Waals surface area contributed by atoms with Crippen LogP contribution in [0.1, 0.15) is 12.5 Å². The second-order valence-corrected chi connectivity index (χ2v) is 6.98. The average molecular weight is 432 g/mol. The van der Waals surface area contributed by atoms with E-state index in [0.717, 1.165) is 6.07 Å². The number of halogens is 3. The fourth-order valence-electron chi connectivity index (χ4n) is 2.76. The molecular formula is C21H16Cl2FN3O2. The molecule has 5 nitrogen and oxygen atoms in total. The molecular weight excluding hydrogens is 416 g/mol. The van der Waals surface area contributed by atoms with E-state index in [4.69, 9.17) is 23.2 Å². The van der Waals surface area contributed by atoms with Gasteiger partial charge in [0.1, 0.15) is 11.6 Å². The molecule has 1 N–H and O–H groups in total. The molecule has 0 radical (unpaired) electrons. The number of amides is 2. The van der Waals surface area contributed by atoms with Gasteiger partial charge < -0.3 is 5.32 Å². The number of nitrogens with one attached hydrogen (secondary N) is 1. The summed E-state index contributed by atoms with van der Waals surface area (Å²) in [5.41, 5.74) is 1.42. The molecule has 0 saturated carbocycles. The summed E-state index contributed by atoms with van der Waals surface area (Å²) >= 11 is 12.2. The maximum atomic E-state index is 13.4. The summed E-state index contributed by atoms with van der Waals surface area (Å²) < 4.78 is 13.4. The van der Waals surface area contributed by atoms with Crippen LogP contribution in [0, 0.1) is 5.82 Å². The fraction of sp³-hybridized carbons (Fsp3) is 0.0952. The zero-order valence-corrected chi connectivity index (χ0v) is 16.8. The fourth-order valence-corrected chi connectivity index (χ4v) is 3.21. The zero-order valence-electron chi connectivity index (χ0n) is 15.3. The minimum Gasteiger partial charge on any atom is -0.326 e. The van der Waals surface area contributed by atoms with Gasteiger partial charge in [-0.3, -0.25) is 14.5 Å². The first-order valence-corrected chi connectivity index (χ1v) is 9.36. The largest absolute Gasteiger partial charge is 0.326 e. The van der Waals surface area contributed by atoms with Gasteiger partial charge in [0.05, 0.1) is 17.1 Å². The molecule has 0 fully saturated rings. The lowest BCUT2D eigenvalue weighted by Crippen LogP contribution is -2.24. The van der Waals surface area contributed by atoms with Gasteiger partial charge >= 0.3 is 0 Å². The third kappa shape index (κ3) is 5.10. The van der Waals surface area contributed by atoms with E-state index in [1.54, 1.807) is 30.3 Å². The highest BCUT2D eigenvalue weighted by Crippen LogP contribution is 2.32. The Hall–Kier alpha value is -2.96. The molecule has 0 unspecified atom stereocenters. The van der Waals surface area contributed by atoms with E-state index in [2.05, 4.69) is 10.3 Å². The Morgan fingerprint density at radius 2 is 1.83 bits per heavy atom. The molecule has 29 heavy (non-hydrogen) atoms. The summed E-state index contributed by atoms with van der Waals surface area (Å²) in [6.45, 7) is 1.34. The van der Waals surface area contributed by atoms with Crippen molar-refractivity contribution in [2.45, 2.75) is 13.3 Å². The molecule has 2 amide bonds. The molecule has 0 aliphatic heterocycles. The van der Waals surface area contributed by atoms with Crippen LogP contribution in [0.4, 0.5) is 21.6 Å². The van der Waals surface area contributed by atoms with Gasteiger partial charge in [-0.25, -0.2) is 9.37 Å². The molecule has 0 bridgehead atoms. The second-order valence-electron chi connectivity index (χ2n) is 6.17. The Morgan fingerprint density at radius 1 is 1.07 bits per heavy atom.